The summed E-state index contributed by atoms with van der Waals surface area (Å²) in [7, 11) is 3.49. The van der Waals surface area contributed by atoms with Crippen LogP contribution in [-0.2, 0) is 6.61 Å². The van der Waals surface area contributed by atoms with Gasteiger partial charge in [0.05, 0.1) is 17.1 Å². The van der Waals surface area contributed by atoms with Crippen molar-refractivity contribution in [1.29, 1.82) is 0 Å². The summed E-state index contributed by atoms with van der Waals surface area (Å²) < 4.78 is 11.8. The van der Waals surface area contributed by atoms with Crippen molar-refractivity contribution in [3.05, 3.63) is 46.4 Å². The summed E-state index contributed by atoms with van der Waals surface area (Å²) in [6.45, 7) is 0.365. The number of ether oxygens (including phenoxy) is 2. The zero-order chi connectivity index (χ0) is 14.5. The lowest BCUT2D eigenvalue weighted by molar-refractivity contribution is 0.295. The summed E-state index contributed by atoms with van der Waals surface area (Å²) >= 11 is 3.36. The molecule has 106 valence electrons. The molecule has 0 aliphatic heterocycles. The van der Waals surface area contributed by atoms with Gasteiger partial charge in [-0.1, -0.05) is 6.07 Å². The van der Waals surface area contributed by atoms with Crippen LogP contribution in [0, 0.1) is 0 Å². The Hall–Kier alpha value is -1.88. The van der Waals surface area contributed by atoms with Crippen molar-refractivity contribution in [3.63, 3.8) is 0 Å². The van der Waals surface area contributed by atoms with Crippen LogP contribution in [0.2, 0.25) is 0 Å². The summed E-state index contributed by atoms with van der Waals surface area (Å²) in [5.41, 5.74) is 1.90. The first kappa shape index (κ1) is 14.5. The SMILES string of the molecule is CNc1cccc(OC)c1COc1ccc(O)cc1Br. The van der Waals surface area contributed by atoms with Crippen molar-refractivity contribution in [2.75, 3.05) is 19.5 Å². The molecule has 0 unspecified atom stereocenters. The van der Waals surface area contributed by atoms with Crippen LogP contribution in [0.5, 0.6) is 17.2 Å². The molecule has 2 rings (SSSR count). The van der Waals surface area contributed by atoms with E-state index in [1.165, 1.54) is 0 Å². The summed E-state index contributed by atoms with van der Waals surface area (Å²) in [5.74, 6) is 1.62. The zero-order valence-corrected chi connectivity index (χ0v) is 12.9. The number of methoxy groups -OCH3 is 1. The third-order valence-electron chi connectivity index (χ3n) is 2.91. The maximum atomic E-state index is 9.37. The molecule has 20 heavy (non-hydrogen) atoms. The van der Waals surface area contributed by atoms with E-state index in [-0.39, 0.29) is 5.75 Å². The number of phenols is 1. The average Bonchev–Trinajstić information content (AvgIpc) is 2.46. The molecule has 0 saturated heterocycles. The largest absolute Gasteiger partial charge is 0.508 e. The van der Waals surface area contributed by atoms with Crippen LogP contribution in [0.25, 0.3) is 0 Å². The molecule has 2 N–H and O–H groups in total. The maximum Gasteiger partial charge on any atom is 0.134 e. The second kappa shape index (κ2) is 6.52. The number of hydrogen-bond donors (Lipinski definition) is 2. The van der Waals surface area contributed by atoms with Gasteiger partial charge in [0.25, 0.3) is 0 Å². The Morgan fingerprint density at radius 1 is 1.20 bits per heavy atom. The highest BCUT2D eigenvalue weighted by atomic mass is 79.9. The molecule has 2 aromatic carbocycles. The molecule has 4 nitrogen and oxygen atoms in total. The minimum Gasteiger partial charge on any atom is -0.508 e. The van der Waals surface area contributed by atoms with Gasteiger partial charge in [0.2, 0.25) is 0 Å². The summed E-state index contributed by atoms with van der Waals surface area (Å²) in [6, 6.07) is 10.7. The lowest BCUT2D eigenvalue weighted by Gasteiger charge is -2.15. The molecule has 0 saturated carbocycles. The van der Waals surface area contributed by atoms with Crippen LogP contribution in [0.1, 0.15) is 5.56 Å². The third-order valence-corrected chi connectivity index (χ3v) is 3.53. The van der Waals surface area contributed by atoms with E-state index in [1.54, 1.807) is 25.3 Å². The van der Waals surface area contributed by atoms with Gasteiger partial charge in [-0.05, 0) is 46.3 Å². The second-order valence-corrected chi connectivity index (χ2v) is 4.99. The Balaban J connectivity index is 2.22. The van der Waals surface area contributed by atoms with E-state index in [0.29, 0.717) is 16.8 Å². The van der Waals surface area contributed by atoms with Gasteiger partial charge in [-0.25, -0.2) is 0 Å². The standard InChI is InChI=1S/C15H16BrNO3/c1-17-13-4-3-5-14(19-2)11(13)9-20-15-7-6-10(18)8-12(15)16/h3-8,17-18H,9H2,1-2H3. The molecule has 0 amide bonds. The van der Waals surface area contributed by atoms with Crippen LogP contribution < -0.4 is 14.8 Å². The highest BCUT2D eigenvalue weighted by Gasteiger charge is 2.10. The van der Waals surface area contributed by atoms with E-state index >= 15 is 0 Å². The van der Waals surface area contributed by atoms with Gasteiger partial charge in [0.1, 0.15) is 23.9 Å². The molecule has 0 aliphatic rings. The second-order valence-electron chi connectivity index (χ2n) is 4.14. The van der Waals surface area contributed by atoms with Crippen LogP contribution in [0.3, 0.4) is 0 Å². The van der Waals surface area contributed by atoms with Crippen LogP contribution in [-0.4, -0.2) is 19.3 Å². The highest BCUT2D eigenvalue weighted by molar-refractivity contribution is 9.10. The number of hydrogen-bond acceptors (Lipinski definition) is 4. The van der Waals surface area contributed by atoms with Crippen molar-refractivity contribution in [2.45, 2.75) is 6.61 Å². The van der Waals surface area contributed by atoms with Gasteiger partial charge in [0, 0.05) is 12.7 Å². The lowest BCUT2D eigenvalue weighted by atomic mass is 10.1. The van der Waals surface area contributed by atoms with Gasteiger partial charge in [0.15, 0.2) is 0 Å². The Labute approximate surface area is 126 Å². The number of anilines is 1. The first-order valence-corrected chi connectivity index (χ1v) is 6.90. The molecular weight excluding hydrogens is 322 g/mol. The Kier molecular flexibility index (Phi) is 4.74. The van der Waals surface area contributed by atoms with Crippen molar-refractivity contribution in [2.24, 2.45) is 0 Å². The topological polar surface area (TPSA) is 50.7 Å². The van der Waals surface area contributed by atoms with E-state index in [1.807, 2.05) is 25.2 Å². The van der Waals surface area contributed by atoms with Gasteiger partial charge >= 0.3 is 0 Å². The minimum atomic E-state index is 0.192. The van der Waals surface area contributed by atoms with Gasteiger partial charge in [-0.15, -0.1) is 0 Å². The van der Waals surface area contributed by atoms with Crippen molar-refractivity contribution in [1.82, 2.24) is 0 Å². The third kappa shape index (κ3) is 3.17. The van der Waals surface area contributed by atoms with Gasteiger partial charge in [-0.2, -0.15) is 0 Å². The summed E-state index contributed by atoms with van der Waals surface area (Å²) in [4.78, 5) is 0. The van der Waals surface area contributed by atoms with E-state index in [2.05, 4.69) is 21.2 Å². The van der Waals surface area contributed by atoms with Gasteiger partial charge in [-0.3, -0.25) is 0 Å². The highest BCUT2D eigenvalue weighted by Crippen LogP contribution is 2.32. The fourth-order valence-corrected chi connectivity index (χ4v) is 2.38. The molecule has 5 heteroatoms. The molecule has 0 aromatic heterocycles. The summed E-state index contributed by atoms with van der Waals surface area (Å²) in [5, 5.41) is 12.5. The monoisotopic (exact) mass is 337 g/mol. The van der Waals surface area contributed by atoms with E-state index < -0.39 is 0 Å². The molecule has 0 aliphatic carbocycles. The first-order chi connectivity index (χ1) is 9.65. The molecule has 0 heterocycles. The van der Waals surface area contributed by atoms with E-state index in [4.69, 9.17) is 9.47 Å². The Bertz CT molecular complexity index is 579. The van der Waals surface area contributed by atoms with Crippen molar-refractivity contribution < 1.29 is 14.6 Å². The number of phenolic OH excluding ortho intramolecular Hbond substituents is 1. The molecule has 0 fully saturated rings. The molecule has 2 aromatic rings. The van der Waals surface area contributed by atoms with Crippen molar-refractivity contribution >= 4 is 21.6 Å². The molecule has 0 atom stereocenters. The smallest absolute Gasteiger partial charge is 0.134 e. The fourth-order valence-electron chi connectivity index (χ4n) is 1.90. The number of benzene rings is 2. The predicted octanol–water partition coefficient (Wildman–Crippen LogP) is 3.78. The quantitative estimate of drug-likeness (QED) is 0.871. The summed E-state index contributed by atoms with van der Waals surface area (Å²) in [6.07, 6.45) is 0. The van der Waals surface area contributed by atoms with Crippen molar-refractivity contribution in [3.8, 4) is 17.2 Å². The maximum absolute atomic E-state index is 9.37. The fraction of sp³-hybridized carbons (Fsp3) is 0.200. The molecular formula is C15H16BrNO3. The van der Waals surface area contributed by atoms with Gasteiger partial charge < -0.3 is 19.9 Å². The number of halogens is 1. The Morgan fingerprint density at radius 2 is 2.00 bits per heavy atom. The van der Waals surface area contributed by atoms with Crippen LogP contribution in [0.4, 0.5) is 5.69 Å². The van der Waals surface area contributed by atoms with E-state index in [0.717, 1.165) is 17.0 Å². The van der Waals surface area contributed by atoms with Crippen LogP contribution in [0.15, 0.2) is 40.9 Å². The number of aromatic hydroxyl groups is 1. The predicted molar refractivity (Wildman–Crippen MR) is 82.7 cm³/mol. The zero-order valence-electron chi connectivity index (χ0n) is 11.3. The van der Waals surface area contributed by atoms with Crippen LogP contribution >= 0.6 is 15.9 Å². The normalized spacial score (nSPS) is 10.2. The lowest BCUT2D eigenvalue weighted by Crippen LogP contribution is -2.03. The Morgan fingerprint density at radius 3 is 2.65 bits per heavy atom. The number of rotatable bonds is 5. The van der Waals surface area contributed by atoms with E-state index in [9.17, 15) is 5.11 Å². The average molecular weight is 338 g/mol. The minimum absolute atomic E-state index is 0.192. The molecule has 0 radical (unpaired) electrons. The number of nitrogens with one attached hydrogen (secondary N) is 1. The molecule has 0 bridgehead atoms. The molecule has 0 spiro atoms. The first-order valence-electron chi connectivity index (χ1n) is 6.10.